The average molecular weight is 345 g/mol. The molecular weight excluding hydrogens is 337 g/mol. The van der Waals surface area contributed by atoms with Gasteiger partial charge in [0.05, 0.1) is 18.2 Å². The molecule has 0 N–H and O–H groups in total. The zero-order chi connectivity index (χ0) is 14.9. The maximum Gasteiger partial charge on any atom is 0.201 e. The zero-order valence-corrected chi connectivity index (χ0v) is 11.8. The van der Waals surface area contributed by atoms with E-state index in [4.69, 9.17) is 0 Å². The first-order valence-corrected chi connectivity index (χ1v) is 6.26. The van der Waals surface area contributed by atoms with Crippen LogP contribution >= 0.6 is 15.9 Å². The summed E-state index contributed by atoms with van der Waals surface area (Å²) in [5.74, 6) is -4.19. The molecule has 0 aliphatic carbocycles. The first kappa shape index (κ1) is 14.6. The van der Waals surface area contributed by atoms with Gasteiger partial charge < -0.3 is 4.74 Å². The van der Waals surface area contributed by atoms with Crippen molar-refractivity contribution < 1.29 is 22.7 Å². The number of rotatable bonds is 3. The highest BCUT2D eigenvalue weighted by Crippen LogP contribution is 2.25. The molecule has 2 aromatic carbocycles. The summed E-state index contributed by atoms with van der Waals surface area (Å²) in [5.41, 5.74) is -1.22. The summed E-state index contributed by atoms with van der Waals surface area (Å²) in [6.45, 7) is 0. The largest absolute Gasteiger partial charge is 0.497 e. The highest BCUT2D eigenvalue weighted by atomic mass is 79.9. The Morgan fingerprint density at radius 3 is 2.15 bits per heavy atom. The Bertz CT molecular complexity index is 663. The number of carbonyl (C=O) groups is 1. The fourth-order valence-electron chi connectivity index (χ4n) is 1.69. The van der Waals surface area contributed by atoms with Gasteiger partial charge in [0.2, 0.25) is 5.78 Å². The van der Waals surface area contributed by atoms with E-state index < -0.39 is 34.4 Å². The summed E-state index contributed by atoms with van der Waals surface area (Å²) in [7, 11) is 1.24. The van der Waals surface area contributed by atoms with Crippen LogP contribution in [0.25, 0.3) is 0 Å². The minimum absolute atomic E-state index is 0.0622. The van der Waals surface area contributed by atoms with E-state index >= 15 is 0 Å². The molecule has 0 atom stereocenters. The van der Waals surface area contributed by atoms with E-state index in [1.165, 1.54) is 13.2 Å². The molecule has 0 unspecified atom stereocenters. The summed E-state index contributed by atoms with van der Waals surface area (Å²) in [6.07, 6.45) is 0. The van der Waals surface area contributed by atoms with Crippen LogP contribution in [0.15, 0.2) is 34.8 Å². The van der Waals surface area contributed by atoms with Crippen LogP contribution in [0.4, 0.5) is 13.2 Å². The number of benzene rings is 2. The minimum atomic E-state index is -1.10. The van der Waals surface area contributed by atoms with E-state index in [0.29, 0.717) is 4.47 Å². The lowest BCUT2D eigenvalue weighted by Crippen LogP contribution is -2.10. The van der Waals surface area contributed by atoms with Crippen LogP contribution in [-0.4, -0.2) is 12.9 Å². The second kappa shape index (κ2) is 5.66. The van der Waals surface area contributed by atoms with E-state index in [1.807, 2.05) is 0 Å². The Hall–Kier alpha value is -1.82. The molecule has 0 aromatic heterocycles. The predicted octanol–water partition coefficient (Wildman–Crippen LogP) is 4.11. The van der Waals surface area contributed by atoms with Gasteiger partial charge in [-0.2, -0.15) is 0 Å². The van der Waals surface area contributed by atoms with Crippen LogP contribution in [0.3, 0.4) is 0 Å². The molecule has 2 aromatic rings. The predicted molar refractivity (Wildman–Crippen MR) is 70.4 cm³/mol. The van der Waals surface area contributed by atoms with Crippen LogP contribution < -0.4 is 4.74 Å². The average Bonchev–Trinajstić information content (AvgIpc) is 2.37. The number of ether oxygens (including phenoxy) is 1. The fourth-order valence-corrected chi connectivity index (χ4v) is 2.03. The Labute approximate surface area is 121 Å². The number of hydrogen-bond donors (Lipinski definition) is 0. The maximum atomic E-state index is 13.8. The molecule has 0 bridgehead atoms. The van der Waals surface area contributed by atoms with Crippen molar-refractivity contribution in [3.05, 3.63) is 63.4 Å². The summed E-state index contributed by atoms with van der Waals surface area (Å²) in [6, 6.07) is 5.35. The summed E-state index contributed by atoms with van der Waals surface area (Å²) in [5, 5.41) is 0. The van der Waals surface area contributed by atoms with Crippen LogP contribution in [0, 0.1) is 17.5 Å². The molecule has 0 radical (unpaired) electrons. The number of methoxy groups -OCH3 is 1. The third-order valence-corrected chi connectivity index (χ3v) is 3.15. The Kier molecular flexibility index (Phi) is 4.13. The van der Waals surface area contributed by atoms with Gasteiger partial charge in [0.25, 0.3) is 0 Å². The quantitative estimate of drug-likeness (QED) is 0.783. The van der Waals surface area contributed by atoms with Crippen molar-refractivity contribution in [2.75, 3.05) is 7.11 Å². The van der Waals surface area contributed by atoms with Crippen molar-refractivity contribution >= 4 is 21.7 Å². The SMILES string of the molecule is COc1cc(F)c(C(=O)c2ccc(Br)cc2F)c(F)c1. The van der Waals surface area contributed by atoms with E-state index in [2.05, 4.69) is 20.7 Å². The van der Waals surface area contributed by atoms with Crippen molar-refractivity contribution in [2.24, 2.45) is 0 Å². The van der Waals surface area contributed by atoms with Gasteiger partial charge in [0.1, 0.15) is 23.2 Å². The second-order valence-electron chi connectivity index (χ2n) is 3.92. The number of hydrogen-bond acceptors (Lipinski definition) is 2. The van der Waals surface area contributed by atoms with Crippen molar-refractivity contribution in [1.29, 1.82) is 0 Å². The first-order chi connectivity index (χ1) is 9.43. The third kappa shape index (κ3) is 2.70. The molecule has 0 heterocycles. The topological polar surface area (TPSA) is 26.3 Å². The molecule has 0 amide bonds. The van der Waals surface area contributed by atoms with Gasteiger partial charge >= 0.3 is 0 Å². The van der Waals surface area contributed by atoms with E-state index in [0.717, 1.165) is 24.3 Å². The van der Waals surface area contributed by atoms with Crippen LogP contribution in [-0.2, 0) is 0 Å². The van der Waals surface area contributed by atoms with Gasteiger partial charge in [-0.05, 0) is 18.2 Å². The Balaban J connectivity index is 2.54. The van der Waals surface area contributed by atoms with Gasteiger partial charge in [0.15, 0.2) is 0 Å². The molecule has 104 valence electrons. The number of ketones is 1. The third-order valence-electron chi connectivity index (χ3n) is 2.65. The lowest BCUT2D eigenvalue weighted by Gasteiger charge is -2.08. The summed E-state index contributed by atoms with van der Waals surface area (Å²) < 4.78 is 46.3. The monoisotopic (exact) mass is 344 g/mol. The highest BCUT2D eigenvalue weighted by molar-refractivity contribution is 9.10. The maximum absolute atomic E-state index is 13.8. The molecule has 6 heteroatoms. The lowest BCUT2D eigenvalue weighted by molar-refractivity contribution is 0.102. The Morgan fingerprint density at radius 1 is 1.05 bits per heavy atom. The van der Waals surface area contributed by atoms with E-state index in [9.17, 15) is 18.0 Å². The fraction of sp³-hybridized carbons (Fsp3) is 0.0714. The van der Waals surface area contributed by atoms with Crippen molar-refractivity contribution in [3.8, 4) is 5.75 Å². The normalized spacial score (nSPS) is 10.4. The van der Waals surface area contributed by atoms with Gasteiger partial charge in [-0.15, -0.1) is 0 Å². The van der Waals surface area contributed by atoms with E-state index in [1.54, 1.807) is 0 Å². The molecular formula is C14H8BrF3O2. The molecule has 2 nitrogen and oxygen atoms in total. The molecule has 2 rings (SSSR count). The van der Waals surface area contributed by atoms with Gasteiger partial charge in [-0.25, -0.2) is 13.2 Å². The zero-order valence-electron chi connectivity index (χ0n) is 10.2. The minimum Gasteiger partial charge on any atom is -0.497 e. The molecule has 0 saturated heterocycles. The molecule has 0 fully saturated rings. The molecule has 0 saturated carbocycles. The molecule has 0 aliphatic rings. The second-order valence-corrected chi connectivity index (χ2v) is 4.84. The van der Waals surface area contributed by atoms with Crippen molar-refractivity contribution in [1.82, 2.24) is 0 Å². The van der Waals surface area contributed by atoms with Crippen LogP contribution in [0.2, 0.25) is 0 Å². The summed E-state index contributed by atoms with van der Waals surface area (Å²) in [4.78, 5) is 12.0. The standard InChI is InChI=1S/C14H8BrF3O2/c1-20-8-5-11(17)13(12(18)6-8)14(19)9-3-2-7(15)4-10(9)16/h2-6H,1H3. The molecule has 0 aliphatic heterocycles. The van der Waals surface area contributed by atoms with E-state index in [-0.39, 0.29) is 5.75 Å². The number of halogens is 4. The molecule has 20 heavy (non-hydrogen) atoms. The highest BCUT2D eigenvalue weighted by Gasteiger charge is 2.23. The van der Waals surface area contributed by atoms with Gasteiger partial charge in [0, 0.05) is 16.6 Å². The smallest absolute Gasteiger partial charge is 0.201 e. The first-order valence-electron chi connectivity index (χ1n) is 5.47. The van der Waals surface area contributed by atoms with Crippen molar-refractivity contribution in [2.45, 2.75) is 0 Å². The Morgan fingerprint density at radius 2 is 1.65 bits per heavy atom. The molecule has 0 spiro atoms. The van der Waals surface area contributed by atoms with Gasteiger partial charge in [-0.1, -0.05) is 15.9 Å². The van der Waals surface area contributed by atoms with Gasteiger partial charge in [-0.3, -0.25) is 4.79 Å². The van der Waals surface area contributed by atoms with Crippen molar-refractivity contribution in [3.63, 3.8) is 0 Å². The lowest BCUT2D eigenvalue weighted by atomic mass is 10.0. The van der Waals surface area contributed by atoms with Crippen LogP contribution in [0.5, 0.6) is 5.75 Å². The van der Waals surface area contributed by atoms with Crippen LogP contribution in [0.1, 0.15) is 15.9 Å². The summed E-state index contributed by atoms with van der Waals surface area (Å²) >= 11 is 3.03. The number of carbonyl (C=O) groups excluding carboxylic acids is 1.